The summed E-state index contributed by atoms with van der Waals surface area (Å²) in [7, 11) is 1.89. The molecule has 5 heteroatoms. The van der Waals surface area contributed by atoms with Gasteiger partial charge in [0.1, 0.15) is 0 Å². The van der Waals surface area contributed by atoms with Gasteiger partial charge in [0.2, 0.25) is 5.91 Å². The standard InChI is InChI=1S/C20H29N3OS/c1-12-9-10-16(20(5,6)7)11-17(12)25-15(4)19(24)21-18-13(2)22-23(8)14(18)3/h9-11,15H,1-8H3,(H,21,24)/t15-/m1/s1. The summed E-state index contributed by atoms with van der Waals surface area (Å²) in [4.78, 5) is 13.8. The summed E-state index contributed by atoms with van der Waals surface area (Å²) in [6.07, 6.45) is 0. The third kappa shape index (κ3) is 4.46. The summed E-state index contributed by atoms with van der Waals surface area (Å²) >= 11 is 1.61. The average molecular weight is 360 g/mol. The van der Waals surface area contributed by atoms with Gasteiger partial charge in [-0.25, -0.2) is 0 Å². The second kappa shape index (κ2) is 7.24. The van der Waals surface area contributed by atoms with Crippen molar-refractivity contribution in [3.63, 3.8) is 0 Å². The molecule has 0 aliphatic rings. The minimum atomic E-state index is -0.187. The number of rotatable bonds is 4. The fourth-order valence-corrected chi connectivity index (χ4v) is 3.61. The highest BCUT2D eigenvalue weighted by Crippen LogP contribution is 2.32. The highest BCUT2D eigenvalue weighted by atomic mass is 32.2. The molecule has 0 bridgehead atoms. The molecule has 0 radical (unpaired) electrons. The number of aromatic nitrogens is 2. The van der Waals surface area contributed by atoms with Crippen molar-refractivity contribution in [3.05, 3.63) is 40.7 Å². The lowest BCUT2D eigenvalue weighted by Crippen LogP contribution is -2.23. The Morgan fingerprint density at radius 1 is 1.24 bits per heavy atom. The Balaban J connectivity index is 2.16. The maximum Gasteiger partial charge on any atom is 0.237 e. The van der Waals surface area contributed by atoms with Gasteiger partial charge in [-0.1, -0.05) is 32.9 Å². The lowest BCUT2D eigenvalue weighted by atomic mass is 9.87. The average Bonchev–Trinajstić information content (AvgIpc) is 2.74. The summed E-state index contributed by atoms with van der Waals surface area (Å²) in [6.45, 7) is 14.5. The normalized spacial score (nSPS) is 13.0. The van der Waals surface area contributed by atoms with E-state index >= 15 is 0 Å². The Hall–Kier alpha value is -1.75. The van der Waals surface area contributed by atoms with Gasteiger partial charge < -0.3 is 5.32 Å². The molecule has 2 aromatic rings. The molecule has 1 atom stereocenters. The molecule has 1 aromatic carbocycles. The highest BCUT2D eigenvalue weighted by molar-refractivity contribution is 8.00. The zero-order valence-electron chi connectivity index (χ0n) is 16.5. The van der Waals surface area contributed by atoms with E-state index in [-0.39, 0.29) is 16.6 Å². The van der Waals surface area contributed by atoms with E-state index in [1.807, 2.05) is 27.8 Å². The molecular weight excluding hydrogens is 330 g/mol. The number of benzene rings is 1. The van der Waals surface area contributed by atoms with Crippen molar-refractivity contribution >= 4 is 23.4 Å². The third-order valence-electron chi connectivity index (χ3n) is 4.48. The van der Waals surface area contributed by atoms with Crippen LogP contribution in [-0.2, 0) is 17.3 Å². The molecule has 1 aromatic heterocycles. The Labute approximate surface area is 155 Å². The first-order valence-electron chi connectivity index (χ1n) is 8.59. The van der Waals surface area contributed by atoms with Gasteiger partial charge in [0.25, 0.3) is 0 Å². The van der Waals surface area contributed by atoms with Gasteiger partial charge in [-0.15, -0.1) is 11.8 Å². The van der Waals surface area contributed by atoms with E-state index in [9.17, 15) is 4.79 Å². The number of hydrogen-bond acceptors (Lipinski definition) is 3. The van der Waals surface area contributed by atoms with Crippen LogP contribution in [0.5, 0.6) is 0 Å². The topological polar surface area (TPSA) is 46.9 Å². The molecule has 2 rings (SSSR count). The summed E-state index contributed by atoms with van der Waals surface area (Å²) in [5.41, 5.74) is 5.21. The summed E-state index contributed by atoms with van der Waals surface area (Å²) in [5, 5.41) is 7.21. The number of thioether (sulfide) groups is 1. The molecule has 0 fully saturated rings. The van der Waals surface area contributed by atoms with E-state index < -0.39 is 0 Å². The smallest absolute Gasteiger partial charge is 0.237 e. The van der Waals surface area contributed by atoms with Crippen LogP contribution in [-0.4, -0.2) is 20.9 Å². The second-order valence-corrected chi connectivity index (χ2v) is 9.03. The molecule has 25 heavy (non-hydrogen) atoms. The molecule has 4 nitrogen and oxygen atoms in total. The van der Waals surface area contributed by atoms with Crippen LogP contribution in [0.1, 0.15) is 50.2 Å². The number of aryl methyl sites for hydroxylation is 3. The van der Waals surface area contributed by atoms with Crippen molar-refractivity contribution in [2.45, 2.75) is 64.0 Å². The molecule has 1 amide bonds. The third-order valence-corrected chi connectivity index (χ3v) is 5.75. The van der Waals surface area contributed by atoms with Crippen molar-refractivity contribution in [2.24, 2.45) is 7.05 Å². The molecule has 0 spiro atoms. The largest absolute Gasteiger partial charge is 0.322 e. The van der Waals surface area contributed by atoms with Gasteiger partial charge >= 0.3 is 0 Å². The van der Waals surface area contributed by atoms with E-state index in [4.69, 9.17) is 0 Å². The van der Waals surface area contributed by atoms with Crippen molar-refractivity contribution in [1.29, 1.82) is 0 Å². The maximum atomic E-state index is 12.7. The fraction of sp³-hybridized carbons (Fsp3) is 0.500. The van der Waals surface area contributed by atoms with Crippen LogP contribution in [0.3, 0.4) is 0 Å². The molecule has 1 N–H and O–H groups in total. The molecular formula is C20H29N3OS. The Morgan fingerprint density at radius 2 is 1.88 bits per heavy atom. The first-order chi connectivity index (χ1) is 11.5. The predicted molar refractivity (Wildman–Crippen MR) is 107 cm³/mol. The molecule has 0 saturated heterocycles. The fourth-order valence-electron chi connectivity index (χ4n) is 2.62. The first-order valence-corrected chi connectivity index (χ1v) is 9.47. The quantitative estimate of drug-likeness (QED) is 0.801. The number of hydrogen-bond donors (Lipinski definition) is 1. The summed E-state index contributed by atoms with van der Waals surface area (Å²) < 4.78 is 1.79. The van der Waals surface area contributed by atoms with Gasteiger partial charge in [0, 0.05) is 11.9 Å². The molecule has 0 aliphatic carbocycles. The maximum absolute atomic E-state index is 12.7. The van der Waals surface area contributed by atoms with Crippen LogP contribution < -0.4 is 5.32 Å². The van der Waals surface area contributed by atoms with Gasteiger partial charge in [-0.05, 0) is 50.3 Å². The van der Waals surface area contributed by atoms with E-state index in [0.29, 0.717) is 0 Å². The first kappa shape index (κ1) is 19.6. The minimum Gasteiger partial charge on any atom is -0.322 e. The lowest BCUT2D eigenvalue weighted by Gasteiger charge is -2.21. The molecule has 0 unspecified atom stereocenters. The predicted octanol–water partition coefficient (Wildman–Crippen LogP) is 4.76. The molecule has 0 saturated carbocycles. The van der Waals surface area contributed by atoms with Crippen LogP contribution in [0.4, 0.5) is 5.69 Å². The highest BCUT2D eigenvalue weighted by Gasteiger charge is 2.21. The number of carbonyl (C=O) groups excluding carboxylic acids is 1. The van der Waals surface area contributed by atoms with Crippen LogP contribution in [0.2, 0.25) is 0 Å². The van der Waals surface area contributed by atoms with Crippen molar-refractivity contribution < 1.29 is 4.79 Å². The zero-order valence-corrected chi connectivity index (χ0v) is 17.3. The number of nitrogens with zero attached hydrogens (tertiary/aromatic N) is 2. The van der Waals surface area contributed by atoms with E-state index in [2.05, 4.69) is 56.3 Å². The van der Waals surface area contributed by atoms with E-state index in [1.54, 1.807) is 16.4 Å². The molecule has 136 valence electrons. The molecule has 0 aliphatic heterocycles. The van der Waals surface area contributed by atoms with Gasteiger partial charge in [-0.3, -0.25) is 9.48 Å². The van der Waals surface area contributed by atoms with Crippen LogP contribution >= 0.6 is 11.8 Å². The van der Waals surface area contributed by atoms with Crippen LogP contribution in [0.25, 0.3) is 0 Å². The van der Waals surface area contributed by atoms with Crippen molar-refractivity contribution in [2.75, 3.05) is 5.32 Å². The number of anilines is 1. The van der Waals surface area contributed by atoms with Gasteiger partial charge in [-0.2, -0.15) is 5.10 Å². The van der Waals surface area contributed by atoms with Crippen LogP contribution in [0.15, 0.2) is 23.1 Å². The minimum absolute atomic E-state index is 0.00441. The van der Waals surface area contributed by atoms with Gasteiger partial charge in [0.15, 0.2) is 0 Å². The van der Waals surface area contributed by atoms with Crippen molar-refractivity contribution in [1.82, 2.24) is 9.78 Å². The zero-order chi connectivity index (χ0) is 18.9. The van der Waals surface area contributed by atoms with Gasteiger partial charge in [0.05, 0.1) is 22.3 Å². The van der Waals surface area contributed by atoms with Crippen molar-refractivity contribution in [3.8, 4) is 0 Å². The Morgan fingerprint density at radius 3 is 2.40 bits per heavy atom. The van der Waals surface area contributed by atoms with E-state index in [0.717, 1.165) is 22.0 Å². The number of amides is 1. The second-order valence-electron chi connectivity index (χ2n) is 7.65. The number of carbonyl (C=O) groups is 1. The Bertz CT molecular complexity index is 787. The Kier molecular flexibility index (Phi) is 5.67. The monoisotopic (exact) mass is 359 g/mol. The summed E-state index contributed by atoms with van der Waals surface area (Å²) in [5.74, 6) is 0.00441. The lowest BCUT2D eigenvalue weighted by molar-refractivity contribution is -0.115. The summed E-state index contributed by atoms with van der Waals surface area (Å²) in [6, 6.07) is 6.53. The van der Waals surface area contributed by atoms with E-state index in [1.165, 1.54) is 11.1 Å². The number of nitrogens with one attached hydrogen (secondary N) is 1. The molecule has 1 heterocycles. The van der Waals surface area contributed by atoms with Crippen LogP contribution in [0, 0.1) is 20.8 Å². The SMILES string of the molecule is Cc1ccc(C(C)(C)C)cc1S[C@H](C)C(=O)Nc1c(C)nn(C)c1C.